The molecule has 5 heteroatoms. The second kappa shape index (κ2) is 6.81. The molecule has 0 aromatic heterocycles. The summed E-state index contributed by atoms with van der Waals surface area (Å²) in [4.78, 5) is 15.4. The maximum Gasteiger partial charge on any atom is 0.269 e. The van der Waals surface area contributed by atoms with Gasteiger partial charge in [0.05, 0.1) is 20.8 Å². The standard InChI is InChI=1S/C11H15NO4/c1-14-10-5-3-4-9(6-10)7-16-8-11(13)12-15-2/h3-6H,7-8H2,1-2H3,(H,12,13). The maximum absolute atomic E-state index is 11.0. The molecule has 0 saturated carbocycles. The van der Waals surface area contributed by atoms with Gasteiger partial charge in [0.25, 0.3) is 5.91 Å². The molecule has 1 N–H and O–H groups in total. The van der Waals surface area contributed by atoms with Gasteiger partial charge in [-0.1, -0.05) is 12.1 Å². The van der Waals surface area contributed by atoms with Crippen molar-refractivity contribution in [3.05, 3.63) is 29.8 Å². The van der Waals surface area contributed by atoms with Gasteiger partial charge >= 0.3 is 0 Å². The van der Waals surface area contributed by atoms with Crippen molar-refractivity contribution in [2.24, 2.45) is 0 Å². The van der Waals surface area contributed by atoms with E-state index in [1.54, 1.807) is 7.11 Å². The first-order valence-corrected chi connectivity index (χ1v) is 4.78. The number of ether oxygens (including phenoxy) is 2. The van der Waals surface area contributed by atoms with Crippen LogP contribution in [0.2, 0.25) is 0 Å². The Morgan fingerprint density at radius 2 is 2.19 bits per heavy atom. The Morgan fingerprint density at radius 3 is 2.88 bits per heavy atom. The first-order valence-electron chi connectivity index (χ1n) is 4.78. The summed E-state index contributed by atoms with van der Waals surface area (Å²) in [5.74, 6) is 0.452. The molecule has 0 aliphatic heterocycles. The zero-order valence-electron chi connectivity index (χ0n) is 9.36. The zero-order valence-corrected chi connectivity index (χ0v) is 9.36. The highest BCUT2D eigenvalue weighted by atomic mass is 16.6. The first-order chi connectivity index (χ1) is 7.76. The van der Waals surface area contributed by atoms with Crippen molar-refractivity contribution in [1.29, 1.82) is 0 Å². The summed E-state index contributed by atoms with van der Waals surface area (Å²) in [5.41, 5.74) is 3.11. The molecule has 0 saturated heterocycles. The molecule has 1 amide bonds. The van der Waals surface area contributed by atoms with Crippen LogP contribution in [0.3, 0.4) is 0 Å². The Morgan fingerprint density at radius 1 is 1.38 bits per heavy atom. The van der Waals surface area contributed by atoms with Crippen LogP contribution in [-0.2, 0) is 21.0 Å². The highest BCUT2D eigenvalue weighted by Crippen LogP contribution is 2.12. The molecule has 5 nitrogen and oxygen atoms in total. The number of hydrogen-bond acceptors (Lipinski definition) is 4. The smallest absolute Gasteiger partial charge is 0.269 e. The number of nitrogens with one attached hydrogen (secondary N) is 1. The minimum atomic E-state index is -0.314. The second-order valence-electron chi connectivity index (χ2n) is 3.07. The Hall–Kier alpha value is -1.59. The molecule has 0 aliphatic rings. The lowest BCUT2D eigenvalue weighted by Gasteiger charge is -2.06. The lowest BCUT2D eigenvalue weighted by Crippen LogP contribution is -2.26. The zero-order chi connectivity index (χ0) is 11.8. The lowest BCUT2D eigenvalue weighted by atomic mass is 10.2. The molecule has 1 rings (SSSR count). The Bertz CT molecular complexity index is 341. The average molecular weight is 225 g/mol. The quantitative estimate of drug-likeness (QED) is 0.730. The molecule has 0 aliphatic carbocycles. The fourth-order valence-electron chi connectivity index (χ4n) is 1.17. The van der Waals surface area contributed by atoms with E-state index in [1.807, 2.05) is 24.3 Å². The van der Waals surface area contributed by atoms with Crippen molar-refractivity contribution in [3.8, 4) is 5.75 Å². The van der Waals surface area contributed by atoms with Crippen LogP contribution < -0.4 is 10.2 Å². The van der Waals surface area contributed by atoms with Crippen molar-refractivity contribution in [2.45, 2.75) is 6.61 Å². The van der Waals surface area contributed by atoms with Gasteiger partial charge in [-0.25, -0.2) is 5.48 Å². The van der Waals surface area contributed by atoms with Crippen LogP contribution in [0.5, 0.6) is 5.75 Å². The fourth-order valence-corrected chi connectivity index (χ4v) is 1.17. The molecular weight excluding hydrogens is 210 g/mol. The van der Waals surface area contributed by atoms with Crippen LogP contribution in [0, 0.1) is 0 Å². The third-order valence-electron chi connectivity index (χ3n) is 1.85. The van der Waals surface area contributed by atoms with E-state index in [2.05, 4.69) is 10.3 Å². The van der Waals surface area contributed by atoms with Crippen LogP contribution in [0.1, 0.15) is 5.56 Å². The molecule has 16 heavy (non-hydrogen) atoms. The Kier molecular flexibility index (Phi) is 5.31. The number of amides is 1. The van der Waals surface area contributed by atoms with Gasteiger partial charge < -0.3 is 9.47 Å². The molecule has 1 aromatic rings. The highest BCUT2D eigenvalue weighted by molar-refractivity contribution is 5.75. The fraction of sp³-hybridized carbons (Fsp3) is 0.364. The Labute approximate surface area is 94.3 Å². The molecule has 0 fully saturated rings. The summed E-state index contributed by atoms with van der Waals surface area (Å²) < 4.78 is 10.3. The number of rotatable bonds is 6. The predicted molar refractivity (Wildman–Crippen MR) is 57.8 cm³/mol. The molecule has 0 unspecified atom stereocenters. The summed E-state index contributed by atoms with van der Waals surface area (Å²) in [6, 6.07) is 7.47. The van der Waals surface area contributed by atoms with Crippen LogP contribution in [0.4, 0.5) is 0 Å². The summed E-state index contributed by atoms with van der Waals surface area (Å²) in [5, 5.41) is 0. The van der Waals surface area contributed by atoms with E-state index in [1.165, 1.54) is 7.11 Å². The molecule has 0 heterocycles. The normalized spacial score (nSPS) is 9.88. The van der Waals surface area contributed by atoms with Gasteiger partial charge in [-0.3, -0.25) is 9.63 Å². The van der Waals surface area contributed by atoms with E-state index in [0.717, 1.165) is 11.3 Å². The molecular formula is C11H15NO4. The molecule has 0 bridgehead atoms. The molecule has 0 atom stereocenters. The predicted octanol–water partition coefficient (Wildman–Crippen LogP) is 0.889. The van der Waals surface area contributed by atoms with Crippen LogP contribution in [0.25, 0.3) is 0 Å². The third-order valence-corrected chi connectivity index (χ3v) is 1.85. The second-order valence-corrected chi connectivity index (χ2v) is 3.07. The summed E-state index contributed by atoms with van der Waals surface area (Å²) in [6.45, 7) is 0.319. The number of methoxy groups -OCH3 is 1. The largest absolute Gasteiger partial charge is 0.497 e. The van der Waals surface area contributed by atoms with E-state index in [4.69, 9.17) is 9.47 Å². The van der Waals surface area contributed by atoms with Crippen LogP contribution >= 0.6 is 0 Å². The van der Waals surface area contributed by atoms with Gasteiger partial charge in [0.1, 0.15) is 12.4 Å². The average Bonchev–Trinajstić information content (AvgIpc) is 2.30. The minimum Gasteiger partial charge on any atom is -0.497 e. The van der Waals surface area contributed by atoms with E-state index >= 15 is 0 Å². The van der Waals surface area contributed by atoms with Crippen LogP contribution in [-0.4, -0.2) is 26.7 Å². The SMILES string of the molecule is CONC(=O)COCc1cccc(OC)c1. The van der Waals surface area contributed by atoms with Crippen molar-refractivity contribution >= 4 is 5.91 Å². The van der Waals surface area contributed by atoms with Crippen LogP contribution in [0.15, 0.2) is 24.3 Å². The number of carbonyl (C=O) groups is 1. The molecule has 0 spiro atoms. The summed E-state index contributed by atoms with van der Waals surface area (Å²) >= 11 is 0. The monoisotopic (exact) mass is 225 g/mol. The van der Waals surface area contributed by atoms with Gasteiger partial charge in [0.2, 0.25) is 0 Å². The van der Waals surface area contributed by atoms with E-state index in [0.29, 0.717) is 6.61 Å². The van der Waals surface area contributed by atoms with Crippen molar-refractivity contribution in [1.82, 2.24) is 5.48 Å². The topological polar surface area (TPSA) is 56.8 Å². The molecule has 0 radical (unpaired) electrons. The van der Waals surface area contributed by atoms with E-state index in [-0.39, 0.29) is 12.5 Å². The number of hydrogen-bond donors (Lipinski definition) is 1. The van der Waals surface area contributed by atoms with Crippen molar-refractivity contribution in [3.63, 3.8) is 0 Å². The van der Waals surface area contributed by atoms with Crippen molar-refractivity contribution in [2.75, 3.05) is 20.8 Å². The third kappa shape index (κ3) is 4.29. The number of carbonyl (C=O) groups excluding carboxylic acids is 1. The lowest BCUT2D eigenvalue weighted by molar-refractivity contribution is -0.136. The van der Waals surface area contributed by atoms with E-state index in [9.17, 15) is 4.79 Å². The van der Waals surface area contributed by atoms with Gasteiger partial charge in [-0.05, 0) is 17.7 Å². The van der Waals surface area contributed by atoms with Crippen molar-refractivity contribution < 1.29 is 19.1 Å². The number of hydroxylamine groups is 1. The van der Waals surface area contributed by atoms with Gasteiger partial charge in [-0.15, -0.1) is 0 Å². The van der Waals surface area contributed by atoms with Gasteiger partial charge in [0.15, 0.2) is 0 Å². The molecule has 1 aromatic carbocycles. The summed E-state index contributed by atoms with van der Waals surface area (Å²) in [7, 11) is 2.98. The highest BCUT2D eigenvalue weighted by Gasteiger charge is 2.01. The Balaban J connectivity index is 2.34. The van der Waals surface area contributed by atoms with Gasteiger partial charge in [-0.2, -0.15) is 0 Å². The summed E-state index contributed by atoms with van der Waals surface area (Å²) in [6.07, 6.45) is 0. The van der Waals surface area contributed by atoms with E-state index < -0.39 is 0 Å². The molecule has 88 valence electrons. The van der Waals surface area contributed by atoms with Gasteiger partial charge in [0, 0.05) is 0 Å². The minimum absolute atomic E-state index is 0.0367. The number of benzene rings is 1. The first kappa shape index (κ1) is 12.5. The maximum atomic E-state index is 11.0.